The molecule has 1 N–H and O–H groups in total. The molecule has 1 saturated heterocycles. The first kappa shape index (κ1) is 12.9. The zero-order valence-corrected chi connectivity index (χ0v) is 11.6. The second kappa shape index (κ2) is 5.88. The third-order valence-corrected chi connectivity index (χ3v) is 3.98. The number of hydrogen-bond acceptors (Lipinski definition) is 4. The number of morpholine rings is 1. The topological polar surface area (TPSA) is 37.4 Å². The van der Waals surface area contributed by atoms with Gasteiger partial charge in [-0.3, -0.25) is 4.98 Å². The fourth-order valence-electron chi connectivity index (χ4n) is 2.58. The molecule has 2 heterocycles. The van der Waals surface area contributed by atoms with Crippen molar-refractivity contribution in [2.24, 2.45) is 0 Å². The zero-order valence-electron chi connectivity index (χ0n) is 11.6. The summed E-state index contributed by atoms with van der Waals surface area (Å²) in [6.07, 6.45) is 7.99. The van der Waals surface area contributed by atoms with Gasteiger partial charge in [0, 0.05) is 31.9 Å². The highest BCUT2D eigenvalue weighted by Gasteiger charge is 2.23. The Kier molecular flexibility index (Phi) is 3.99. The van der Waals surface area contributed by atoms with E-state index in [1.807, 2.05) is 12.4 Å². The van der Waals surface area contributed by atoms with Gasteiger partial charge in [-0.25, -0.2) is 0 Å². The molecule has 4 heteroatoms. The minimum Gasteiger partial charge on any atom is -0.375 e. The minimum absolute atomic E-state index is 0.359. The Labute approximate surface area is 115 Å². The van der Waals surface area contributed by atoms with Crippen molar-refractivity contribution in [1.82, 2.24) is 10.3 Å². The van der Waals surface area contributed by atoms with Crippen LogP contribution >= 0.6 is 0 Å². The molecule has 0 aromatic carbocycles. The molecule has 1 aliphatic heterocycles. The van der Waals surface area contributed by atoms with Gasteiger partial charge in [0.15, 0.2) is 0 Å². The average molecular weight is 261 g/mol. The molecule has 1 aromatic heterocycles. The molecule has 1 saturated carbocycles. The maximum absolute atomic E-state index is 5.75. The van der Waals surface area contributed by atoms with E-state index in [0.717, 1.165) is 38.7 Å². The Morgan fingerprint density at radius 2 is 2.37 bits per heavy atom. The Balaban J connectivity index is 1.70. The van der Waals surface area contributed by atoms with Crippen molar-refractivity contribution in [2.75, 3.05) is 24.6 Å². The predicted molar refractivity (Wildman–Crippen MR) is 76.3 cm³/mol. The summed E-state index contributed by atoms with van der Waals surface area (Å²) in [6, 6.07) is 2.88. The van der Waals surface area contributed by atoms with E-state index in [9.17, 15) is 0 Å². The number of hydrogen-bond donors (Lipinski definition) is 1. The van der Waals surface area contributed by atoms with Crippen LogP contribution in [0.25, 0.3) is 0 Å². The first-order valence-electron chi connectivity index (χ1n) is 7.39. The SMILES string of the molecule is CCC1CN(c2cnccc2CNC2CC2)CCO1. The molecule has 19 heavy (non-hydrogen) atoms. The van der Waals surface area contributed by atoms with Crippen LogP contribution in [0, 0.1) is 0 Å². The third-order valence-electron chi connectivity index (χ3n) is 3.98. The van der Waals surface area contributed by atoms with Gasteiger partial charge in [0.2, 0.25) is 0 Å². The summed E-state index contributed by atoms with van der Waals surface area (Å²) in [5, 5.41) is 3.59. The molecule has 3 rings (SSSR count). The Hall–Kier alpha value is -1.13. The lowest BCUT2D eigenvalue weighted by atomic mass is 10.1. The lowest BCUT2D eigenvalue weighted by Gasteiger charge is -2.35. The molecule has 1 atom stereocenters. The van der Waals surface area contributed by atoms with E-state index >= 15 is 0 Å². The van der Waals surface area contributed by atoms with Gasteiger partial charge in [0.05, 0.1) is 24.6 Å². The maximum atomic E-state index is 5.75. The smallest absolute Gasteiger partial charge is 0.0748 e. The summed E-state index contributed by atoms with van der Waals surface area (Å²) in [4.78, 5) is 6.73. The number of anilines is 1. The largest absolute Gasteiger partial charge is 0.375 e. The van der Waals surface area contributed by atoms with Crippen molar-refractivity contribution in [3.8, 4) is 0 Å². The summed E-state index contributed by atoms with van der Waals surface area (Å²) in [5.41, 5.74) is 2.64. The molecule has 0 spiro atoms. The van der Waals surface area contributed by atoms with Crippen molar-refractivity contribution in [3.63, 3.8) is 0 Å². The average Bonchev–Trinajstić information content (AvgIpc) is 3.30. The lowest BCUT2D eigenvalue weighted by molar-refractivity contribution is 0.0383. The second-order valence-corrected chi connectivity index (χ2v) is 5.51. The molecular formula is C15H23N3O. The van der Waals surface area contributed by atoms with Gasteiger partial charge < -0.3 is 15.0 Å². The van der Waals surface area contributed by atoms with Gasteiger partial charge in [-0.1, -0.05) is 6.92 Å². The molecule has 0 radical (unpaired) electrons. The molecule has 104 valence electrons. The van der Waals surface area contributed by atoms with Gasteiger partial charge in [0.25, 0.3) is 0 Å². The Bertz CT molecular complexity index is 420. The number of nitrogens with one attached hydrogen (secondary N) is 1. The number of pyridine rings is 1. The Morgan fingerprint density at radius 3 is 3.16 bits per heavy atom. The molecule has 1 unspecified atom stereocenters. The quantitative estimate of drug-likeness (QED) is 0.879. The van der Waals surface area contributed by atoms with Crippen molar-refractivity contribution >= 4 is 5.69 Å². The zero-order chi connectivity index (χ0) is 13.1. The van der Waals surface area contributed by atoms with Crippen molar-refractivity contribution in [2.45, 2.75) is 44.9 Å². The molecular weight excluding hydrogens is 238 g/mol. The number of rotatable bonds is 5. The standard InChI is InChI=1S/C15H23N3O/c1-2-14-11-18(7-8-19-14)15-10-16-6-5-12(15)9-17-13-3-4-13/h5-6,10,13-14,17H,2-4,7-9,11H2,1H3. The molecule has 2 fully saturated rings. The van der Waals surface area contributed by atoms with E-state index in [2.05, 4.69) is 28.2 Å². The van der Waals surface area contributed by atoms with Gasteiger partial charge in [-0.05, 0) is 30.9 Å². The van der Waals surface area contributed by atoms with Crippen LogP contribution in [0.15, 0.2) is 18.5 Å². The second-order valence-electron chi connectivity index (χ2n) is 5.51. The van der Waals surface area contributed by atoms with Crippen LogP contribution in [0.2, 0.25) is 0 Å². The van der Waals surface area contributed by atoms with Crippen molar-refractivity contribution in [3.05, 3.63) is 24.0 Å². The Morgan fingerprint density at radius 1 is 1.47 bits per heavy atom. The normalized spacial score (nSPS) is 23.6. The molecule has 2 aliphatic rings. The number of aromatic nitrogens is 1. The van der Waals surface area contributed by atoms with E-state index < -0.39 is 0 Å². The third kappa shape index (κ3) is 3.25. The van der Waals surface area contributed by atoms with Crippen LogP contribution in [-0.4, -0.2) is 36.8 Å². The lowest BCUT2D eigenvalue weighted by Crippen LogP contribution is -2.42. The molecule has 4 nitrogen and oxygen atoms in total. The minimum atomic E-state index is 0.359. The van der Waals surface area contributed by atoms with Crippen LogP contribution in [0.4, 0.5) is 5.69 Å². The van der Waals surface area contributed by atoms with Gasteiger partial charge in [-0.15, -0.1) is 0 Å². The summed E-state index contributed by atoms with van der Waals surface area (Å²) in [6.45, 7) is 5.92. The highest BCUT2D eigenvalue weighted by atomic mass is 16.5. The van der Waals surface area contributed by atoms with Crippen molar-refractivity contribution < 1.29 is 4.74 Å². The molecule has 1 aromatic rings. The van der Waals surface area contributed by atoms with Crippen LogP contribution < -0.4 is 10.2 Å². The van der Waals surface area contributed by atoms with E-state index in [1.54, 1.807) is 0 Å². The first-order chi connectivity index (χ1) is 9.36. The van der Waals surface area contributed by atoms with Gasteiger partial charge in [0.1, 0.15) is 0 Å². The van der Waals surface area contributed by atoms with E-state index in [0.29, 0.717) is 6.10 Å². The summed E-state index contributed by atoms with van der Waals surface area (Å²) in [5.74, 6) is 0. The highest BCUT2D eigenvalue weighted by molar-refractivity contribution is 5.52. The fourth-order valence-corrected chi connectivity index (χ4v) is 2.58. The molecule has 1 aliphatic carbocycles. The monoisotopic (exact) mass is 261 g/mol. The molecule has 0 bridgehead atoms. The number of ether oxygens (including phenoxy) is 1. The predicted octanol–water partition coefficient (Wildman–Crippen LogP) is 1.95. The van der Waals surface area contributed by atoms with Crippen molar-refractivity contribution in [1.29, 1.82) is 0 Å². The van der Waals surface area contributed by atoms with E-state index in [1.165, 1.54) is 24.1 Å². The summed E-state index contributed by atoms with van der Waals surface area (Å²) >= 11 is 0. The van der Waals surface area contributed by atoms with E-state index in [4.69, 9.17) is 4.74 Å². The van der Waals surface area contributed by atoms with Crippen LogP contribution in [0.1, 0.15) is 31.7 Å². The number of nitrogens with zero attached hydrogens (tertiary/aromatic N) is 2. The van der Waals surface area contributed by atoms with Crippen LogP contribution in [-0.2, 0) is 11.3 Å². The maximum Gasteiger partial charge on any atom is 0.0748 e. The fraction of sp³-hybridized carbons (Fsp3) is 0.667. The van der Waals surface area contributed by atoms with Gasteiger partial charge >= 0.3 is 0 Å². The van der Waals surface area contributed by atoms with E-state index in [-0.39, 0.29) is 0 Å². The first-order valence-corrected chi connectivity index (χ1v) is 7.39. The summed E-state index contributed by atoms with van der Waals surface area (Å²) < 4.78 is 5.75. The van der Waals surface area contributed by atoms with Crippen LogP contribution in [0.3, 0.4) is 0 Å². The molecule has 0 amide bonds. The van der Waals surface area contributed by atoms with Gasteiger partial charge in [-0.2, -0.15) is 0 Å². The van der Waals surface area contributed by atoms with Crippen LogP contribution in [0.5, 0.6) is 0 Å². The summed E-state index contributed by atoms with van der Waals surface area (Å²) in [7, 11) is 0. The highest BCUT2D eigenvalue weighted by Crippen LogP contribution is 2.24.